The van der Waals surface area contributed by atoms with E-state index in [4.69, 9.17) is 9.47 Å². The van der Waals surface area contributed by atoms with Gasteiger partial charge in [-0.2, -0.15) is 0 Å². The van der Waals surface area contributed by atoms with E-state index in [1.54, 1.807) is 19.2 Å². The van der Waals surface area contributed by atoms with Crippen LogP contribution in [0.2, 0.25) is 0 Å². The molecule has 0 heterocycles. The Morgan fingerprint density at radius 2 is 1.43 bits per heavy atom. The van der Waals surface area contributed by atoms with Crippen molar-refractivity contribution in [1.29, 1.82) is 0 Å². The highest BCUT2D eigenvalue weighted by atomic mass is 16.5. The average Bonchev–Trinajstić information content (AvgIpc) is 2.57. The molecule has 0 unspecified atom stereocenters. The summed E-state index contributed by atoms with van der Waals surface area (Å²) in [5.74, 6) is 1.21. The molecule has 0 aliphatic heterocycles. The van der Waals surface area contributed by atoms with Gasteiger partial charge in [0.05, 0.1) is 13.7 Å². The van der Waals surface area contributed by atoms with Gasteiger partial charge in [-0.15, -0.1) is 0 Å². The van der Waals surface area contributed by atoms with Crippen LogP contribution in [0.5, 0.6) is 11.5 Å². The Hall–Kier alpha value is -2.24. The molecule has 1 rings (SSSR count). The fourth-order valence-corrected chi connectivity index (χ4v) is 2.14. The number of rotatable bonds is 7. The standard InChI is InChI=1S/C22H36N2O4/c1-14(2)13-28-17-12-15(10-11-16(17)27-9)18(23-19(25)21(3,4)5)24-20(26)22(6,7)8/h10-12,14,18H,13H2,1-9H3,(H,23,25)(H,24,26). The average molecular weight is 393 g/mol. The van der Waals surface area contributed by atoms with Gasteiger partial charge in [-0.25, -0.2) is 0 Å². The van der Waals surface area contributed by atoms with Crippen LogP contribution in [0.4, 0.5) is 0 Å². The van der Waals surface area contributed by atoms with Crippen LogP contribution in [-0.2, 0) is 9.59 Å². The molecule has 0 atom stereocenters. The molecule has 0 saturated heterocycles. The van der Waals surface area contributed by atoms with Crippen LogP contribution in [0.1, 0.15) is 67.1 Å². The van der Waals surface area contributed by atoms with Crippen LogP contribution in [0.15, 0.2) is 18.2 Å². The maximum absolute atomic E-state index is 12.6. The molecule has 0 fully saturated rings. The van der Waals surface area contributed by atoms with Crippen molar-refractivity contribution in [3.05, 3.63) is 23.8 Å². The third-order valence-corrected chi connectivity index (χ3v) is 4.01. The fourth-order valence-electron chi connectivity index (χ4n) is 2.14. The first-order chi connectivity index (χ1) is 12.8. The van der Waals surface area contributed by atoms with Gasteiger partial charge < -0.3 is 20.1 Å². The Morgan fingerprint density at radius 1 is 0.929 bits per heavy atom. The summed E-state index contributed by atoms with van der Waals surface area (Å²) in [5.41, 5.74) is -0.461. The molecule has 0 spiro atoms. The number of amides is 2. The maximum Gasteiger partial charge on any atom is 0.227 e. The smallest absolute Gasteiger partial charge is 0.227 e. The van der Waals surface area contributed by atoms with E-state index in [1.165, 1.54) is 0 Å². The van der Waals surface area contributed by atoms with Crippen LogP contribution < -0.4 is 20.1 Å². The molecule has 1 aromatic rings. The zero-order valence-electron chi connectivity index (χ0n) is 18.7. The monoisotopic (exact) mass is 392 g/mol. The molecule has 0 aliphatic carbocycles. The van der Waals surface area contributed by atoms with Crippen molar-refractivity contribution in [2.75, 3.05) is 13.7 Å². The van der Waals surface area contributed by atoms with Gasteiger partial charge in [-0.3, -0.25) is 9.59 Å². The summed E-state index contributed by atoms with van der Waals surface area (Å²) in [5, 5.41) is 5.88. The van der Waals surface area contributed by atoms with Gasteiger partial charge >= 0.3 is 0 Å². The molecule has 1 aromatic carbocycles. The van der Waals surface area contributed by atoms with E-state index >= 15 is 0 Å². The molecule has 158 valence electrons. The third kappa shape index (κ3) is 7.06. The van der Waals surface area contributed by atoms with Gasteiger partial charge in [0.25, 0.3) is 0 Å². The van der Waals surface area contributed by atoms with Crippen LogP contribution in [-0.4, -0.2) is 25.5 Å². The van der Waals surface area contributed by atoms with E-state index < -0.39 is 17.0 Å². The first kappa shape index (κ1) is 23.8. The Kier molecular flexibility index (Phi) is 7.91. The molecule has 0 saturated carbocycles. The second-order valence-electron chi connectivity index (χ2n) is 9.50. The summed E-state index contributed by atoms with van der Waals surface area (Å²) in [6.07, 6.45) is -0.675. The predicted octanol–water partition coefficient (Wildman–Crippen LogP) is 4.05. The molecule has 2 N–H and O–H groups in total. The second kappa shape index (κ2) is 9.30. The summed E-state index contributed by atoms with van der Waals surface area (Å²) < 4.78 is 11.3. The first-order valence-corrected chi connectivity index (χ1v) is 9.68. The van der Waals surface area contributed by atoms with Gasteiger partial charge in [0.2, 0.25) is 11.8 Å². The van der Waals surface area contributed by atoms with Crippen molar-refractivity contribution in [2.45, 2.75) is 61.6 Å². The minimum absolute atomic E-state index is 0.160. The number of carbonyl (C=O) groups excluding carboxylic acids is 2. The molecule has 2 amide bonds. The summed E-state index contributed by atoms with van der Waals surface area (Å²) in [7, 11) is 1.58. The molecule has 6 heteroatoms. The van der Waals surface area contributed by atoms with Crippen molar-refractivity contribution in [2.24, 2.45) is 16.7 Å². The number of carbonyl (C=O) groups is 2. The zero-order chi connectivity index (χ0) is 21.7. The number of benzene rings is 1. The van der Waals surface area contributed by atoms with E-state index in [1.807, 2.05) is 47.6 Å². The second-order valence-corrected chi connectivity index (χ2v) is 9.50. The van der Waals surface area contributed by atoms with Crippen LogP contribution in [0, 0.1) is 16.7 Å². The van der Waals surface area contributed by atoms with Gasteiger partial charge in [0.15, 0.2) is 11.5 Å². The van der Waals surface area contributed by atoms with Crippen molar-refractivity contribution in [1.82, 2.24) is 10.6 Å². The van der Waals surface area contributed by atoms with E-state index in [0.29, 0.717) is 24.0 Å². The molecular formula is C22H36N2O4. The topological polar surface area (TPSA) is 76.7 Å². The summed E-state index contributed by atoms with van der Waals surface area (Å²) >= 11 is 0. The van der Waals surface area contributed by atoms with E-state index in [-0.39, 0.29) is 11.8 Å². The van der Waals surface area contributed by atoms with E-state index in [0.717, 1.165) is 5.56 Å². The van der Waals surface area contributed by atoms with Gasteiger partial charge in [-0.1, -0.05) is 61.5 Å². The normalized spacial score (nSPS) is 12.1. The first-order valence-electron chi connectivity index (χ1n) is 9.68. The number of methoxy groups -OCH3 is 1. The zero-order valence-corrected chi connectivity index (χ0v) is 18.7. The maximum atomic E-state index is 12.6. The molecule has 0 bridgehead atoms. The van der Waals surface area contributed by atoms with Crippen molar-refractivity contribution < 1.29 is 19.1 Å². The highest BCUT2D eigenvalue weighted by Gasteiger charge is 2.29. The van der Waals surface area contributed by atoms with Crippen molar-refractivity contribution in [3.63, 3.8) is 0 Å². The lowest BCUT2D eigenvalue weighted by atomic mass is 9.94. The molecule has 28 heavy (non-hydrogen) atoms. The van der Waals surface area contributed by atoms with Gasteiger partial charge in [-0.05, 0) is 23.6 Å². The molecule has 6 nitrogen and oxygen atoms in total. The largest absolute Gasteiger partial charge is 0.493 e. The van der Waals surface area contributed by atoms with Gasteiger partial charge in [0.1, 0.15) is 6.17 Å². The lowest BCUT2D eigenvalue weighted by Crippen LogP contribution is -2.47. The number of nitrogens with one attached hydrogen (secondary N) is 2. The van der Waals surface area contributed by atoms with Crippen LogP contribution in [0.25, 0.3) is 0 Å². The fraction of sp³-hybridized carbons (Fsp3) is 0.636. The minimum atomic E-state index is -0.675. The van der Waals surface area contributed by atoms with E-state index in [2.05, 4.69) is 24.5 Å². The molecular weight excluding hydrogens is 356 g/mol. The summed E-state index contributed by atoms with van der Waals surface area (Å²) in [6, 6.07) is 5.40. The predicted molar refractivity (Wildman–Crippen MR) is 111 cm³/mol. The number of hydrogen-bond donors (Lipinski definition) is 2. The third-order valence-electron chi connectivity index (χ3n) is 4.01. The van der Waals surface area contributed by atoms with Gasteiger partial charge in [0, 0.05) is 10.8 Å². The van der Waals surface area contributed by atoms with Crippen molar-refractivity contribution in [3.8, 4) is 11.5 Å². The highest BCUT2D eigenvalue weighted by Crippen LogP contribution is 2.31. The lowest BCUT2D eigenvalue weighted by Gasteiger charge is -2.28. The minimum Gasteiger partial charge on any atom is -0.493 e. The Balaban J connectivity index is 3.25. The molecule has 0 radical (unpaired) electrons. The highest BCUT2D eigenvalue weighted by molar-refractivity contribution is 5.84. The Morgan fingerprint density at radius 3 is 1.82 bits per heavy atom. The van der Waals surface area contributed by atoms with Crippen LogP contribution in [0.3, 0.4) is 0 Å². The lowest BCUT2D eigenvalue weighted by molar-refractivity contribution is -0.132. The summed E-state index contributed by atoms with van der Waals surface area (Å²) in [4.78, 5) is 25.2. The molecule has 0 aromatic heterocycles. The Labute approximate surface area is 169 Å². The quantitative estimate of drug-likeness (QED) is 0.686. The summed E-state index contributed by atoms with van der Waals surface area (Å²) in [6.45, 7) is 15.6. The Bertz CT molecular complexity index is 657. The van der Waals surface area contributed by atoms with E-state index in [9.17, 15) is 9.59 Å². The molecule has 0 aliphatic rings. The number of ether oxygens (including phenoxy) is 2. The van der Waals surface area contributed by atoms with Crippen molar-refractivity contribution >= 4 is 11.8 Å². The SMILES string of the molecule is COc1ccc(C(NC(=O)C(C)(C)C)NC(=O)C(C)(C)C)cc1OCC(C)C. The number of hydrogen-bond acceptors (Lipinski definition) is 4. The van der Waals surface area contributed by atoms with Crippen LogP contribution >= 0.6 is 0 Å².